The summed E-state index contributed by atoms with van der Waals surface area (Å²) in [5.41, 5.74) is 4.57. The molecule has 0 aliphatic heterocycles. The fourth-order valence-electron chi connectivity index (χ4n) is 1.84. The molecular weight excluding hydrogens is 242 g/mol. The van der Waals surface area contributed by atoms with E-state index >= 15 is 0 Å². The van der Waals surface area contributed by atoms with Crippen molar-refractivity contribution >= 4 is 5.91 Å². The molecule has 0 spiro atoms. The van der Waals surface area contributed by atoms with Crippen LogP contribution in [0.5, 0.6) is 5.75 Å². The third kappa shape index (κ3) is 3.33. The molecule has 0 saturated carbocycles. The van der Waals surface area contributed by atoms with Crippen LogP contribution in [-0.2, 0) is 11.2 Å². The van der Waals surface area contributed by atoms with Gasteiger partial charge in [0.1, 0.15) is 5.75 Å². The summed E-state index contributed by atoms with van der Waals surface area (Å²) >= 11 is 0. The van der Waals surface area contributed by atoms with Crippen LogP contribution in [0.2, 0.25) is 0 Å². The smallest absolute Gasteiger partial charge is 0.247 e. The molecule has 0 heterocycles. The Kier molecular flexibility index (Phi) is 4.15. The number of hydrogen-bond donors (Lipinski definition) is 2. The molecule has 0 aliphatic rings. The fraction of sp³-hybridized carbons (Fsp3) is 0.133. The normalized spacial score (nSPS) is 10.0. The number of hydroxylamine groups is 1. The molecule has 0 fully saturated rings. The molecule has 4 heteroatoms. The van der Waals surface area contributed by atoms with Crippen molar-refractivity contribution in [1.82, 2.24) is 5.48 Å². The second kappa shape index (κ2) is 6.02. The topological polar surface area (TPSA) is 58.6 Å². The Morgan fingerprint density at radius 3 is 2.53 bits per heavy atom. The van der Waals surface area contributed by atoms with Gasteiger partial charge < -0.3 is 4.74 Å². The summed E-state index contributed by atoms with van der Waals surface area (Å²) in [6.45, 7) is 0. The Balaban J connectivity index is 2.19. The number of ether oxygens (including phenoxy) is 1. The number of hydrogen-bond acceptors (Lipinski definition) is 3. The van der Waals surface area contributed by atoms with Gasteiger partial charge in [-0.2, -0.15) is 0 Å². The maximum Gasteiger partial charge on any atom is 0.247 e. The molecule has 0 aromatic heterocycles. The molecule has 2 aromatic rings. The summed E-state index contributed by atoms with van der Waals surface area (Å²) in [6.07, 6.45) is 0.162. The van der Waals surface area contributed by atoms with E-state index in [9.17, 15) is 4.79 Å². The summed E-state index contributed by atoms with van der Waals surface area (Å²) in [5.74, 6) is 0.385. The molecule has 0 atom stereocenters. The van der Waals surface area contributed by atoms with Crippen LogP contribution in [0.1, 0.15) is 5.56 Å². The number of amides is 1. The van der Waals surface area contributed by atoms with E-state index in [1.807, 2.05) is 48.5 Å². The van der Waals surface area contributed by atoms with E-state index in [4.69, 9.17) is 9.94 Å². The largest absolute Gasteiger partial charge is 0.497 e. The summed E-state index contributed by atoms with van der Waals surface area (Å²) < 4.78 is 5.19. The molecule has 0 radical (unpaired) electrons. The Labute approximate surface area is 111 Å². The lowest BCUT2D eigenvalue weighted by atomic mass is 10.0. The highest BCUT2D eigenvalue weighted by Gasteiger charge is 2.03. The van der Waals surface area contributed by atoms with Crippen LogP contribution >= 0.6 is 0 Å². The quantitative estimate of drug-likeness (QED) is 0.653. The lowest BCUT2D eigenvalue weighted by molar-refractivity contribution is -0.128. The zero-order valence-corrected chi connectivity index (χ0v) is 10.6. The fourth-order valence-corrected chi connectivity index (χ4v) is 1.84. The molecule has 0 aliphatic carbocycles. The van der Waals surface area contributed by atoms with Crippen molar-refractivity contribution in [3.05, 3.63) is 54.1 Å². The summed E-state index contributed by atoms with van der Waals surface area (Å²) in [4.78, 5) is 11.0. The predicted molar refractivity (Wildman–Crippen MR) is 72.1 cm³/mol. The molecule has 2 rings (SSSR count). The van der Waals surface area contributed by atoms with Gasteiger partial charge in [-0.15, -0.1) is 0 Å². The van der Waals surface area contributed by atoms with Crippen molar-refractivity contribution in [3.8, 4) is 16.9 Å². The molecule has 2 aromatic carbocycles. The van der Waals surface area contributed by atoms with E-state index in [1.165, 1.54) is 0 Å². The SMILES string of the molecule is COc1cccc(-c2ccc(CC(=O)NO)cc2)c1. The van der Waals surface area contributed by atoms with E-state index in [-0.39, 0.29) is 6.42 Å². The van der Waals surface area contributed by atoms with Gasteiger partial charge in [0, 0.05) is 0 Å². The van der Waals surface area contributed by atoms with Gasteiger partial charge in [0.25, 0.3) is 0 Å². The highest BCUT2D eigenvalue weighted by molar-refractivity contribution is 5.77. The van der Waals surface area contributed by atoms with Crippen LogP contribution < -0.4 is 10.2 Å². The number of carbonyl (C=O) groups is 1. The Morgan fingerprint density at radius 1 is 1.16 bits per heavy atom. The standard InChI is InChI=1S/C15H15NO3/c1-19-14-4-2-3-13(10-14)12-7-5-11(6-8-12)9-15(17)16-18/h2-8,10,18H,9H2,1H3,(H,16,17). The van der Waals surface area contributed by atoms with Gasteiger partial charge in [-0.25, -0.2) is 5.48 Å². The van der Waals surface area contributed by atoms with Crippen molar-refractivity contribution in [1.29, 1.82) is 0 Å². The van der Waals surface area contributed by atoms with E-state index in [0.717, 1.165) is 22.4 Å². The van der Waals surface area contributed by atoms with Gasteiger partial charge in [0.15, 0.2) is 0 Å². The number of benzene rings is 2. The van der Waals surface area contributed by atoms with Crippen molar-refractivity contribution in [2.45, 2.75) is 6.42 Å². The molecule has 0 saturated heterocycles. The minimum absolute atomic E-state index is 0.162. The van der Waals surface area contributed by atoms with Gasteiger partial charge in [-0.3, -0.25) is 10.0 Å². The predicted octanol–water partition coefficient (Wildman–Crippen LogP) is 2.41. The van der Waals surface area contributed by atoms with Crippen LogP contribution in [0, 0.1) is 0 Å². The molecule has 0 unspecified atom stereocenters. The molecule has 4 nitrogen and oxygen atoms in total. The zero-order valence-electron chi connectivity index (χ0n) is 10.6. The van der Waals surface area contributed by atoms with Gasteiger partial charge in [0.2, 0.25) is 5.91 Å². The third-order valence-electron chi connectivity index (χ3n) is 2.85. The molecular formula is C15H15NO3. The lowest BCUT2D eigenvalue weighted by Gasteiger charge is -2.06. The average Bonchev–Trinajstić information content (AvgIpc) is 2.48. The van der Waals surface area contributed by atoms with Crippen LogP contribution in [0.25, 0.3) is 11.1 Å². The monoisotopic (exact) mass is 257 g/mol. The van der Waals surface area contributed by atoms with Crippen molar-refractivity contribution in [2.24, 2.45) is 0 Å². The molecule has 0 bridgehead atoms. The first kappa shape index (κ1) is 13.1. The van der Waals surface area contributed by atoms with Crippen LogP contribution in [-0.4, -0.2) is 18.2 Å². The molecule has 19 heavy (non-hydrogen) atoms. The Morgan fingerprint density at radius 2 is 1.89 bits per heavy atom. The highest BCUT2D eigenvalue weighted by Crippen LogP contribution is 2.24. The van der Waals surface area contributed by atoms with Gasteiger partial charge in [0.05, 0.1) is 13.5 Å². The van der Waals surface area contributed by atoms with Gasteiger partial charge in [-0.05, 0) is 28.8 Å². The van der Waals surface area contributed by atoms with Gasteiger partial charge in [-0.1, -0.05) is 36.4 Å². The molecule has 98 valence electrons. The average molecular weight is 257 g/mol. The van der Waals surface area contributed by atoms with Crippen LogP contribution in [0.15, 0.2) is 48.5 Å². The minimum atomic E-state index is -0.422. The number of carbonyl (C=O) groups excluding carboxylic acids is 1. The van der Waals surface area contributed by atoms with Gasteiger partial charge >= 0.3 is 0 Å². The third-order valence-corrected chi connectivity index (χ3v) is 2.85. The van der Waals surface area contributed by atoms with E-state index in [0.29, 0.717) is 0 Å². The summed E-state index contributed by atoms with van der Waals surface area (Å²) in [7, 11) is 1.63. The van der Waals surface area contributed by atoms with Crippen molar-refractivity contribution in [3.63, 3.8) is 0 Å². The molecule has 2 N–H and O–H groups in total. The van der Waals surface area contributed by atoms with Crippen molar-refractivity contribution in [2.75, 3.05) is 7.11 Å². The number of nitrogens with one attached hydrogen (secondary N) is 1. The summed E-state index contributed by atoms with van der Waals surface area (Å²) in [5, 5.41) is 8.47. The Hall–Kier alpha value is -2.33. The summed E-state index contributed by atoms with van der Waals surface area (Å²) in [6, 6.07) is 15.4. The minimum Gasteiger partial charge on any atom is -0.497 e. The second-order valence-corrected chi connectivity index (χ2v) is 4.14. The maximum atomic E-state index is 11.0. The first-order valence-electron chi connectivity index (χ1n) is 5.89. The highest BCUT2D eigenvalue weighted by atomic mass is 16.5. The number of rotatable bonds is 4. The Bertz CT molecular complexity index is 564. The second-order valence-electron chi connectivity index (χ2n) is 4.14. The lowest BCUT2D eigenvalue weighted by Crippen LogP contribution is -2.20. The van der Waals surface area contributed by atoms with E-state index < -0.39 is 5.91 Å². The number of methoxy groups -OCH3 is 1. The first-order chi connectivity index (χ1) is 9.22. The molecule has 1 amide bonds. The van der Waals surface area contributed by atoms with Crippen LogP contribution in [0.3, 0.4) is 0 Å². The maximum absolute atomic E-state index is 11.0. The first-order valence-corrected chi connectivity index (χ1v) is 5.89. The van der Waals surface area contributed by atoms with Crippen LogP contribution in [0.4, 0.5) is 0 Å². The van der Waals surface area contributed by atoms with E-state index in [2.05, 4.69) is 0 Å². The van der Waals surface area contributed by atoms with Crippen molar-refractivity contribution < 1.29 is 14.7 Å². The zero-order chi connectivity index (χ0) is 13.7. The van der Waals surface area contributed by atoms with E-state index in [1.54, 1.807) is 12.6 Å².